The molecule has 0 spiro atoms. The summed E-state index contributed by atoms with van der Waals surface area (Å²) in [5, 5.41) is 14.9. The molecule has 2 aromatic carbocycles. The van der Waals surface area contributed by atoms with E-state index in [-0.39, 0.29) is 17.2 Å². The molecule has 2 aliphatic rings. The van der Waals surface area contributed by atoms with Gasteiger partial charge in [-0.2, -0.15) is 0 Å². The number of para-hydroxylation sites is 1. The number of anilines is 2. The van der Waals surface area contributed by atoms with Gasteiger partial charge in [0.15, 0.2) is 0 Å². The van der Waals surface area contributed by atoms with Crippen LogP contribution in [0.25, 0.3) is 0 Å². The molecule has 2 heterocycles. The van der Waals surface area contributed by atoms with E-state index in [9.17, 15) is 19.7 Å². The van der Waals surface area contributed by atoms with Crippen LogP contribution in [-0.4, -0.2) is 74.1 Å². The minimum atomic E-state index is -0.428. The highest BCUT2D eigenvalue weighted by Gasteiger charge is 2.29. The lowest BCUT2D eigenvalue weighted by Gasteiger charge is -2.37. The minimum Gasteiger partial charge on any atom is -0.493 e. The molecule has 2 amide bonds. The quantitative estimate of drug-likeness (QED) is 0.271. The predicted molar refractivity (Wildman–Crippen MR) is 147 cm³/mol. The maximum Gasteiger partial charge on any atom is 0.293 e. The van der Waals surface area contributed by atoms with E-state index in [0.29, 0.717) is 57.1 Å². The first-order valence-corrected chi connectivity index (χ1v) is 13.5. The number of piperazine rings is 1. The van der Waals surface area contributed by atoms with Crippen molar-refractivity contribution in [3.8, 4) is 5.75 Å². The van der Waals surface area contributed by atoms with Crippen LogP contribution in [0.15, 0.2) is 36.4 Å². The first kappa shape index (κ1) is 27.2. The SMILES string of the molecule is CCCOc1cc(N2CCN(c3ccccc3C)CC2)c([N+](=O)[O-])cc1C(=O)NCCCN1CCCC1=O. The van der Waals surface area contributed by atoms with E-state index in [0.717, 1.165) is 32.5 Å². The van der Waals surface area contributed by atoms with Crippen LogP contribution < -0.4 is 19.9 Å². The van der Waals surface area contributed by atoms with Gasteiger partial charge in [0.1, 0.15) is 11.4 Å². The van der Waals surface area contributed by atoms with Crippen molar-refractivity contribution in [1.29, 1.82) is 0 Å². The summed E-state index contributed by atoms with van der Waals surface area (Å²) >= 11 is 0. The fourth-order valence-corrected chi connectivity index (χ4v) is 5.08. The highest BCUT2D eigenvalue weighted by molar-refractivity contribution is 5.99. The number of hydrogen-bond donors (Lipinski definition) is 1. The van der Waals surface area contributed by atoms with Gasteiger partial charge in [0.2, 0.25) is 5.91 Å². The Morgan fingerprint density at radius 3 is 2.42 bits per heavy atom. The second-order valence-electron chi connectivity index (χ2n) is 9.80. The number of hydrogen-bond acceptors (Lipinski definition) is 7. The van der Waals surface area contributed by atoms with Crippen molar-refractivity contribution in [2.24, 2.45) is 0 Å². The lowest BCUT2D eigenvalue weighted by Crippen LogP contribution is -2.47. The Morgan fingerprint density at radius 1 is 1.08 bits per heavy atom. The van der Waals surface area contributed by atoms with Crippen LogP contribution in [0.5, 0.6) is 5.75 Å². The Labute approximate surface area is 223 Å². The van der Waals surface area contributed by atoms with E-state index < -0.39 is 10.8 Å². The lowest BCUT2D eigenvalue weighted by atomic mass is 10.1. The van der Waals surface area contributed by atoms with Crippen molar-refractivity contribution in [2.45, 2.75) is 39.5 Å². The van der Waals surface area contributed by atoms with E-state index in [1.54, 1.807) is 11.0 Å². The number of nitrogens with one attached hydrogen (secondary N) is 1. The van der Waals surface area contributed by atoms with Gasteiger partial charge >= 0.3 is 0 Å². The lowest BCUT2D eigenvalue weighted by molar-refractivity contribution is -0.384. The molecule has 0 aliphatic carbocycles. The van der Waals surface area contributed by atoms with E-state index in [1.807, 2.05) is 24.0 Å². The Kier molecular flexibility index (Phi) is 9.04. The number of rotatable bonds is 11. The normalized spacial score (nSPS) is 15.6. The highest BCUT2D eigenvalue weighted by Crippen LogP contribution is 2.36. The van der Waals surface area contributed by atoms with E-state index in [2.05, 4.69) is 29.3 Å². The summed E-state index contributed by atoms with van der Waals surface area (Å²) in [7, 11) is 0. The zero-order valence-electron chi connectivity index (χ0n) is 22.3. The Bertz CT molecular complexity index is 1160. The maximum atomic E-state index is 13.1. The van der Waals surface area contributed by atoms with E-state index in [1.165, 1.54) is 17.3 Å². The molecular weight excluding hydrogens is 486 g/mol. The zero-order chi connectivity index (χ0) is 27.1. The van der Waals surface area contributed by atoms with Gasteiger partial charge in [0.25, 0.3) is 11.6 Å². The van der Waals surface area contributed by atoms with Gasteiger partial charge in [0, 0.05) is 70.1 Å². The Balaban J connectivity index is 1.48. The number of likely N-dealkylation sites (tertiary alicyclic amines) is 1. The summed E-state index contributed by atoms with van der Waals surface area (Å²) in [5.41, 5.74) is 2.89. The van der Waals surface area contributed by atoms with Crippen molar-refractivity contribution in [3.05, 3.63) is 57.6 Å². The van der Waals surface area contributed by atoms with E-state index in [4.69, 9.17) is 4.74 Å². The van der Waals surface area contributed by atoms with Crippen molar-refractivity contribution in [3.63, 3.8) is 0 Å². The number of ether oxygens (including phenoxy) is 1. The number of nitro benzene ring substituents is 1. The summed E-state index contributed by atoms with van der Waals surface area (Å²) in [5.74, 6) is 0.0846. The topological polar surface area (TPSA) is 108 Å². The third kappa shape index (κ3) is 6.35. The van der Waals surface area contributed by atoms with Crippen LogP contribution in [0, 0.1) is 17.0 Å². The Morgan fingerprint density at radius 2 is 1.79 bits per heavy atom. The molecule has 0 aromatic heterocycles. The number of benzene rings is 2. The molecule has 2 aliphatic heterocycles. The van der Waals surface area contributed by atoms with Crippen molar-refractivity contribution >= 4 is 28.9 Å². The van der Waals surface area contributed by atoms with Crippen LogP contribution in [0.1, 0.15) is 48.5 Å². The molecule has 0 atom stereocenters. The molecule has 204 valence electrons. The largest absolute Gasteiger partial charge is 0.493 e. The van der Waals surface area contributed by atoms with Gasteiger partial charge in [-0.1, -0.05) is 25.1 Å². The molecule has 0 saturated carbocycles. The summed E-state index contributed by atoms with van der Waals surface area (Å²) < 4.78 is 5.91. The summed E-state index contributed by atoms with van der Waals surface area (Å²) in [6, 6.07) is 11.2. The van der Waals surface area contributed by atoms with Crippen molar-refractivity contribution in [2.75, 3.05) is 62.2 Å². The molecule has 0 radical (unpaired) electrons. The number of amides is 2. The number of aryl methyl sites for hydroxylation is 1. The molecule has 1 N–H and O–H groups in total. The molecule has 2 aromatic rings. The van der Waals surface area contributed by atoms with Crippen LogP contribution >= 0.6 is 0 Å². The smallest absolute Gasteiger partial charge is 0.293 e. The standard InChI is InChI=1S/C28H37N5O5/c1-3-18-38-26-20-24(31-16-14-30(15-17-31)23-9-5-4-8-21(23)2)25(33(36)37)19-22(26)28(35)29-11-7-13-32-12-6-10-27(32)34/h4-5,8-9,19-20H,3,6-7,10-18H2,1-2H3,(H,29,35). The summed E-state index contributed by atoms with van der Waals surface area (Å²) in [4.78, 5) is 42.6. The molecule has 10 heteroatoms. The van der Waals surface area contributed by atoms with Crippen molar-refractivity contribution < 1.29 is 19.2 Å². The van der Waals surface area contributed by atoms with Gasteiger partial charge in [-0.25, -0.2) is 0 Å². The van der Waals surface area contributed by atoms with Gasteiger partial charge in [-0.15, -0.1) is 0 Å². The Hall–Kier alpha value is -3.82. The molecule has 2 saturated heterocycles. The predicted octanol–water partition coefficient (Wildman–Crippen LogP) is 3.76. The van der Waals surface area contributed by atoms with Gasteiger partial charge in [-0.05, 0) is 37.8 Å². The molecular formula is C28H37N5O5. The number of carbonyl (C=O) groups is 2. The molecule has 4 rings (SSSR count). The average molecular weight is 524 g/mol. The first-order chi connectivity index (χ1) is 18.4. The fraction of sp³-hybridized carbons (Fsp3) is 0.500. The average Bonchev–Trinajstić information content (AvgIpc) is 3.34. The van der Waals surface area contributed by atoms with Crippen molar-refractivity contribution in [1.82, 2.24) is 10.2 Å². The zero-order valence-corrected chi connectivity index (χ0v) is 22.3. The van der Waals surface area contributed by atoms with Gasteiger partial charge in [0.05, 0.1) is 17.1 Å². The van der Waals surface area contributed by atoms with E-state index >= 15 is 0 Å². The third-order valence-electron chi connectivity index (χ3n) is 7.12. The molecule has 0 bridgehead atoms. The second-order valence-corrected chi connectivity index (χ2v) is 9.80. The molecule has 10 nitrogen and oxygen atoms in total. The maximum absolute atomic E-state index is 13.1. The summed E-state index contributed by atoms with van der Waals surface area (Å²) in [6.45, 7) is 8.86. The number of nitrogens with zero attached hydrogens (tertiary/aromatic N) is 4. The second kappa shape index (κ2) is 12.6. The summed E-state index contributed by atoms with van der Waals surface area (Å²) in [6.07, 6.45) is 2.82. The fourth-order valence-electron chi connectivity index (χ4n) is 5.08. The molecule has 38 heavy (non-hydrogen) atoms. The molecule has 2 fully saturated rings. The molecule has 0 unspecified atom stereocenters. The van der Waals surface area contributed by atoms with Crippen LogP contribution in [0.2, 0.25) is 0 Å². The monoisotopic (exact) mass is 523 g/mol. The minimum absolute atomic E-state index is 0.106. The highest BCUT2D eigenvalue weighted by atomic mass is 16.6. The van der Waals surface area contributed by atoms with Crippen LogP contribution in [-0.2, 0) is 4.79 Å². The van der Waals surface area contributed by atoms with Gasteiger partial charge in [-0.3, -0.25) is 19.7 Å². The van der Waals surface area contributed by atoms with Gasteiger partial charge < -0.3 is 24.8 Å². The number of nitro groups is 1. The first-order valence-electron chi connectivity index (χ1n) is 13.5. The van der Waals surface area contributed by atoms with Crippen LogP contribution in [0.3, 0.4) is 0 Å². The van der Waals surface area contributed by atoms with Crippen LogP contribution in [0.4, 0.5) is 17.1 Å². The number of carbonyl (C=O) groups excluding carboxylic acids is 2. The third-order valence-corrected chi connectivity index (χ3v) is 7.12.